The summed E-state index contributed by atoms with van der Waals surface area (Å²) in [5, 5.41) is 18.6. The number of aliphatic hydroxyl groups excluding tert-OH is 1. The van der Waals surface area contributed by atoms with E-state index < -0.39 is 86.4 Å². The van der Waals surface area contributed by atoms with Crippen molar-refractivity contribution in [2.75, 3.05) is 32.2 Å². The normalized spacial score (nSPS) is 22.8. The number of aromatic nitrogens is 7. The van der Waals surface area contributed by atoms with Gasteiger partial charge in [-0.15, -0.1) is 5.10 Å². The van der Waals surface area contributed by atoms with Crippen LogP contribution in [0.1, 0.15) is 95.9 Å². The van der Waals surface area contributed by atoms with E-state index in [2.05, 4.69) is 60.4 Å². The number of unbranched alkanes of at least 4 members (excludes halogenated alkanes) is 9. The zero-order chi connectivity index (χ0) is 51.2. The van der Waals surface area contributed by atoms with Gasteiger partial charge in [-0.1, -0.05) is 50.2 Å². The van der Waals surface area contributed by atoms with Crippen molar-refractivity contribution in [2.45, 2.75) is 115 Å². The molecule has 4 heterocycles. The molecule has 0 amide bonds. The van der Waals surface area contributed by atoms with Gasteiger partial charge in [0.25, 0.3) is 0 Å². The summed E-state index contributed by atoms with van der Waals surface area (Å²) >= 11 is 0. The molecule has 0 bridgehead atoms. The van der Waals surface area contributed by atoms with Crippen LogP contribution in [0.15, 0.2) is 18.9 Å². The van der Waals surface area contributed by atoms with Crippen LogP contribution in [0.3, 0.4) is 0 Å². The van der Waals surface area contributed by atoms with Gasteiger partial charge in [0, 0.05) is 19.2 Å². The summed E-state index contributed by atoms with van der Waals surface area (Å²) in [5.41, 5.74) is 6.96. The average molecular weight is 1130 g/mol. The van der Waals surface area contributed by atoms with Crippen LogP contribution in [0.4, 0.5) is 5.82 Å². The number of aryl methyl sites for hydroxylation is 2. The molecule has 0 saturated carbocycles. The fraction of sp³-hybridized carbons (Fsp3) is 0.759. The summed E-state index contributed by atoms with van der Waals surface area (Å²) in [6, 6.07) is 0. The Kier molecular flexibility index (Phi) is 23.1. The standard InChI is InChI=1S/C29H55N8O25P7/c1-2-53-63(39,40)54-17-13-10-14-23-19-36(35-34-23)15-11-8-6-4-3-5-7-9-12-16-55-64(41,42)58-66(45,46)60-68(49,50)62-69(51,52)61-67(47,48)59-65(43,44)56-20-25-24(38)18-26(57-25)37-22-33-27-28(30)31-21-32-29(27)37/h19,21-22,24-26,38H,2-18,20H2,1H3,(H,39,40)(H,41,42)(H,43,44)(H,45,46)(H,47,48)(H,49,50)(H,51,52)(H2,30,31,32)/t24-,25-,26-/m1/s1. The molecule has 7 unspecified atom stereocenters. The third-order valence-corrected chi connectivity index (χ3v) is 19.4. The van der Waals surface area contributed by atoms with E-state index >= 15 is 0 Å². The number of nitrogens with two attached hydrogens (primary N) is 1. The molecule has 1 fully saturated rings. The molecule has 0 radical (unpaired) electrons. The highest BCUT2D eigenvalue weighted by atomic mass is 31.3. The van der Waals surface area contributed by atoms with E-state index in [1.807, 2.05) is 6.20 Å². The van der Waals surface area contributed by atoms with Crippen molar-refractivity contribution >= 4 is 71.7 Å². The van der Waals surface area contributed by atoms with Gasteiger partial charge in [0.1, 0.15) is 24.2 Å². The van der Waals surface area contributed by atoms with Crippen LogP contribution >= 0.6 is 54.8 Å². The van der Waals surface area contributed by atoms with E-state index in [0.29, 0.717) is 38.6 Å². The van der Waals surface area contributed by atoms with Crippen LogP contribution in [0.2, 0.25) is 0 Å². The minimum atomic E-state index is -6.46. The Hall–Kier alpha value is -1.62. The fourth-order valence-electron chi connectivity index (χ4n) is 6.19. The Morgan fingerprint density at radius 1 is 0.652 bits per heavy atom. The summed E-state index contributed by atoms with van der Waals surface area (Å²) in [5.74, 6) is 0.0410. The van der Waals surface area contributed by atoms with Crippen LogP contribution in [-0.4, -0.2) is 113 Å². The lowest BCUT2D eigenvalue weighted by Crippen LogP contribution is -2.26. The number of ether oxygens (including phenoxy) is 1. The molecule has 69 heavy (non-hydrogen) atoms. The highest BCUT2D eigenvalue weighted by molar-refractivity contribution is 7.72. The molecule has 0 aromatic carbocycles. The lowest BCUT2D eigenvalue weighted by atomic mass is 10.1. The lowest BCUT2D eigenvalue weighted by molar-refractivity contribution is -0.0423. The van der Waals surface area contributed by atoms with Crippen molar-refractivity contribution in [2.24, 2.45) is 0 Å². The second-order valence-corrected chi connectivity index (χ2v) is 25.6. The Morgan fingerprint density at radius 2 is 1.16 bits per heavy atom. The average Bonchev–Trinajstić information content (AvgIpc) is 3.93. The zero-order valence-electron chi connectivity index (χ0n) is 36.5. The first-order valence-electron chi connectivity index (χ1n) is 20.7. The third-order valence-electron chi connectivity index (χ3n) is 9.08. The summed E-state index contributed by atoms with van der Waals surface area (Å²) in [6.45, 7) is 0.942. The first kappa shape index (κ1) is 59.9. The van der Waals surface area contributed by atoms with E-state index in [9.17, 15) is 71.3 Å². The number of aliphatic hydroxyl groups is 1. The van der Waals surface area contributed by atoms with Crippen LogP contribution in [-0.2, 0) is 89.3 Å². The van der Waals surface area contributed by atoms with Crippen molar-refractivity contribution in [3.8, 4) is 0 Å². The molecule has 10 N–H and O–H groups in total. The van der Waals surface area contributed by atoms with Crippen LogP contribution in [0.25, 0.3) is 11.2 Å². The van der Waals surface area contributed by atoms with E-state index in [1.165, 1.54) is 10.9 Å². The summed E-state index contributed by atoms with van der Waals surface area (Å²) < 4.78 is 131. The number of anilines is 1. The van der Waals surface area contributed by atoms with E-state index in [1.54, 1.807) is 11.6 Å². The number of nitrogen functional groups attached to an aromatic ring is 1. The number of nitrogens with zero attached hydrogens (tertiary/aromatic N) is 7. The maximum absolute atomic E-state index is 12.4. The van der Waals surface area contributed by atoms with Crippen molar-refractivity contribution < 1.29 is 116 Å². The van der Waals surface area contributed by atoms with Gasteiger partial charge in [0.2, 0.25) is 0 Å². The first-order valence-corrected chi connectivity index (χ1v) is 31.2. The first-order chi connectivity index (χ1) is 32.1. The number of hydrogen-bond acceptors (Lipinski definition) is 24. The third kappa shape index (κ3) is 22.2. The quantitative estimate of drug-likeness (QED) is 0.0275. The zero-order valence-corrected chi connectivity index (χ0v) is 42.8. The van der Waals surface area contributed by atoms with Crippen molar-refractivity contribution in [3.63, 3.8) is 0 Å². The summed E-state index contributed by atoms with van der Waals surface area (Å²) in [6.07, 6.45) is 9.10. The summed E-state index contributed by atoms with van der Waals surface area (Å²) in [4.78, 5) is 80.1. The molecule has 396 valence electrons. The van der Waals surface area contributed by atoms with Crippen molar-refractivity contribution in [1.29, 1.82) is 0 Å². The van der Waals surface area contributed by atoms with Gasteiger partial charge >= 0.3 is 54.8 Å². The van der Waals surface area contributed by atoms with Gasteiger partial charge in [-0.25, -0.2) is 46.9 Å². The largest absolute Gasteiger partial charge is 0.490 e. The number of fused-ring (bicyclic) bond motifs is 1. The Morgan fingerprint density at radius 3 is 1.74 bits per heavy atom. The topological polar surface area (TPSA) is 474 Å². The fourth-order valence-corrected chi connectivity index (χ4v) is 14.8. The highest BCUT2D eigenvalue weighted by Crippen LogP contribution is 2.75. The number of imidazole rings is 1. The van der Waals surface area contributed by atoms with Gasteiger partial charge in [-0.3, -0.25) is 27.3 Å². The molecule has 0 aliphatic carbocycles. The minimum absolute atomic E-state index is 0.0410. The Labute approximate surface area is 393 Å². The Balaban J connectivity index is 1.06. The molecule has 1 aliphatic rings. The number of hydrogen-bond donors (Lipinski definition) is 9. The minimum Gasteiger partial charge on any atom is -0.390 e. The van der Waals surface area contributed by atoms with Crippen LogP contribution in [0, 0.1) is 0 Å². The summed E-state index contributed by atoms with van der Waals surface area (Å²) in [7, 11) is -40.7. The van der Waals surface area contributed by atoms with Crippen LogP contribution in [0.5, 0.6) is 0 Å². The Bertz CT molecular complexity index is 2470. The van der Waals surface area contributed by atoms with Gasteiger partial charge < -0.3 is 49.8 Å². The van der Waals surface area contributed by atoms with E-state index in [0.717, 1.165) is 50.5 Å². The molecule has 3 aromatic heterocycles. The smallest absolute Gasteiger partial charge is 0.390 e. The predicted molar refractivity (Wildman–Crippen MR) is 232 cm³/mol. The molecule has 1 saturated heterocycles. The highest BCUT2D eigenvalue weighted by Gasteiger charge is 2.50. The lowest BCUT2D eigenvalue weighted by Gasteiger charge is -2.21. The molecule has 4 rings (SSSR count). The molecule has 33 nitrogen and oxygen atoms in total. The second-order valence-electron chi connectivity index (χ2n) is 14.7. The van der Waals surface area contributed by atoms with Crippen molar-refractivity contribution in [1.82, 2.24) is 34.5 Å². The molecule has 0 spiro atoms. The van der Waals surface area contributed by atoms with Crippen molar-refractivity contribution in [3.05, 3.63) is 24.5 Å². The molecular weight excluding hydrogens is 1080 g/mol. The number of phosphoric acid groups is 7. The molecular formula is C29H55N8O25P7. The van der Waals surface area contributed by atoms with Gasteiger partial charge in [-0.05, 0) is 39.0 Å². The maximum atomic E-state index is 12.4. The van der Waals surface area contributed by atoms with Gasteiger partial charge in [0.15, 0.2) is 11.5 Å². The predicted octanol–water partition coefficient (Wildman–Crippen LogP) is 5.05. The number of rotatable bonds is 35. The van der Waals surface area contributed by atoms with Gasteiger partial charge in [-0.2, -0.15) is 21.6 Å². The maximum Gasteiger partial charge on any atom is 0.490 e. The molecule has 40 heteroatoms. The SMILES string of the molecule is CCOP(=O)(O)OCCCCc1cn(CCCCCCCCCCCOP(=O)(O)OP(=O)(O)OP(=O)(O)OP(=O)(O)OP(=O)(O)OP(=O)(O)OC[C@H]2O[C@@H](n3cnc4c(N)ncnc43)C[C@H]2O)nn1. The molecule has 1 aliphatic heterocycles. The monoisotopic (exact) mass is 1130 g/mol. The second kappa shape index (κ2) is 26.5. The number of phosphoric ester groups is 3. The molecule has 10 atom stereocenters. The van der Waals surface area contributed by atoms with E-state index in [4.69, 9.17) is 15.0 Å². The van der Waals surface area contributed by atoms with Gasteiger partial charge in [0.05, 0.1) is 44.6 Å². The molecule has 3 aromatic rings. The van der Waals surface area contributed by atoms with E-state index in [-0.39, 0.29) is 43.0 Å². The van der Waals surface area contributed by atoms with Crippen LogP contribution < -0.4 is 5.73 Å².